The second-order valence-electron chi connectivity index (χ2n) is 10.6. The Morgan fingerprint density at radius 1 is 0.923 bits per heavy atom. The van der Waals surface area contributed by atoms with Gasteiger partial charge in [0.2, 0.25) is 15.9 Å². The van der Waals surface area contributed by atoms with Crippen molar-refractivity contribution in [2.45, 2.75) is 49.2 Å². The standard InChI is InChI=1S/C32H35N3O3S/c1-35(2)22-23-15-18-29-27(19-23)13-8-14-30(29)33-32(36)21-31(25-10-4-3-5-11-25)34-39(37,38)28-17-16-24-9-6-7-12-26(24)20-28/h3-7,9-12,15-20,30-31,34H,8,13-14,21-22H2,1-2H3,(H,33,36)/t30?,31-/m1/s1. The third-order valence-electron chi connectivity index (χ3n) is 7.28. The Morgan fingerprint density at radius 2 is 1.67 bits per heavy atom. The summed E-state index contributed by atoms with van der Waals surface area (Å²) in [5.41, 5.74) is 4.44. The summed E-state index contributed by atoms with van der Waals surface area (Å²) in [6.07, 6.45) is 2.87. The maximum absolute atomic E-state index is 13.5. The molecule has 39 heavy (non-hydrogen) atoms. The zero-order chi connectivity index (χ0) is 27.4. The molecule has 4 aromatic carbocycles. The summed E-state index contributed by atoms with van der Waals surface area (Å²) in [6.45, 7) is 0.875. The number of benzene rings is 4. The quantitative estimate of drug-likeness (QED) is 0.293. The monoisotopic (exact) mass is 541 g/mol. The molecule has 1 amide bonds. The Balaban J connectivity index is 1.35. The lowest BCUT2D eigenvalue weighted by atomic mass is 9.86. The lowest BCUT2D eigenvalue weighted by molar-refractivity contribution is -0.122. The van der Waals surface area contributed by atoms with E-state index in [-0.39, 0.29) is 23.3 Å². The molecule has 0 saturated heterocycles. The molecule has 0 radical (unpaired) electrons. The Hall–Kier alpha value is -3.52. The Morgan fingerprint density at radius 3 is 2.44 bits per heavy atom. The summed E-state index contributed by atoms with van der Waals surface area (Å²) in [5, 5.41) is 5.02. The fourth-order valence-electron chi connectivity index (χ4n) is 5.42. The molecule has 1 aliphatic carbocycles. The minimum absolute atomic E-state index is 0.00136. The summed E-state index contributed by atoms with van der Waals surface area (Å²) >= 11 is 0. The van der Waals surface area contributed by atoms with Crippen LogP contribution in [-0.4, -0.2) is 33.3 Å². The number of amides is 1. The Labute approximate surface area is 231 Å². The largest absolute Gasteiger partial charge is 0.349 e. The number of hydrogen-bond donors (Lipinski definition) is 2. The predicted octanol–water partition coefficient (Wildman–Crippen LogP) is 5.50. The van der Waals surface area contributed by atoms with E-state index >= 15 is 0 Å². The average Bonchev–Trinajstić information content (AvgIpc) is 2.92. The average molecular weight is 542 g/mol. The smallest absolute Gasteiger partial charge is 0.241 e. The van der Waals surface area contributed by atoms with Crippen LogP contribution in [0.3, 0.4) is 0 Å². The molecule has 2 atom stereocenters. The number of sulfonamides is 1. The van der Waals surface area contributed by atoms with Crippen LogP contribution in [0.2, 0.25) is 0 Å². The molecular formula is C32H35N3O3S. The molecule has 0 spiro atoms. The molecule has 0 aliphatic heterocycles. The topological polar surface area (TPSA) is 78.5 Å². The third kappa shape index (κ3) is 6.56. The molecule has 4 aromatic rings. The van der Waals surface area contributed by atoms with Crippen molar-refractivity contribution in [3.63, 3.8) is 0 Å². The van der Waals surface area contributed by atoms with Crippen molar-refractivity contribution in [1.82, 2.24) is 14.9 Å². The van der Waals surface area contributed by atoms with Gasteiger partial charge in [-0.2, -0.15) is 0 Å². The molecule has 0 saturated carbocycles. The molecular weight excluding hydrogens is 506 g/mol. The molecule has 1 unspecified atom stereocenters. The van der Waals surface area contributed by atoms with Crippen molar-refractivity contribution in [2.24, 2.45) is 0 Å². The van der Waals surface area contributed by atoms with Gasteiger partial charge in [-0.15, -0.1) is 0 Å². The van der Waals surface area contributed by atoms with Crippen LogP contribution in [0, 0.1) is 0 Å². The lowest BCUT2D eigenvalue weighted by Crippen LogP contribution is -2.36. The summed E-state index contributed by atoms with van der Waals surface area (Å²) in [4.78, 5) is 15.7. The van der Waals surface area contributed by atoms with Gasteiger partial charge < -0.3 is 10.2 Å². The van der Waals surface area contributed by atoms with Crippen LogP contribution < -0.4 is 10.0 Å². The maximum Gasteiger partial charge on any atom is 0.241 e. The molecule has 2 N–H and O–H groups in total. The molecule has 0 bridgehead atoms. The van der Waals surface area contributed by atoms with Crippen LogP contribution in [0.15, 0.2) is 95.9 Å². The first-order valence-electron chi connectivity index (χ1n) is 13.4. The molecule has 5 rings (SSSR count). The van der Waals surface area contributed by atoms with Gasteiger partial charge in [-0.1, -0.05) is 78.9 Å². The van der Waals surface area contributed by atoms with Crippen LogP contribution in [0.4, 0.5) is 0 Å². The highest BCUT2D eigenvalue weighted by Gasteiger charge is 2.27. The van der Waals surface area contributed by atoms with E-state index in [1.807, 2.05) is 54.6 Å². The van der Waals surface area contributed by atoms with E-state index in [0.717, 1.165) is 47.7 Å². The van der Waals surface area contributed by atoms with Crippen LogP contribution in [0.5, 0.6) is 0 Å². The van der Waals surface area contributed by atoms with Gasteiger partial charge in [-0.3, -0.25) is 4.79 Å². The zero-order valence-electron chi connectivity index (χ0n) is 22.4. The number of nitrogens with one attached hydrogen (secondary N) is 2. The van der Waals surface area contributed by atoms with Crippen molar-refractivity contribution < 1.29 is 13.2 Å². The van der Waals surface area contributed by atoms with Gasteiger partial charge in [-0.05, 0) is 78.5 Å². The number of fused-ring (bicyclic) bond motifs is 2. The van der Waals surface area contributed by atoms with Gasteiger partial charge in [0.1, 0.15) is 0 Å². The van der Waals surface area contributed by atoms with Crippen molar-refractivity contribution >= 4 is 26.7 Å². The fraction of sp³-hybridized carbons (Fsp3) is 0.281. The highest BCUT2D eigenvalue weighted by Crippen LogP contribution is 2.31. The number of carbonyl (C=O) groups is 1. The molecule has 202 valence electrons. The van der Waals surface area contributed by atoms with Crippen molar-refractivity contribution in [3.8, 4) is 0 Å². The van der Waals surface area contributed by atoms with E-state index < -0.39 is 16.1 Å². The molecule has 1 aliphatic rings. The summed E-state index contributed by atoms with van der Waals surface area (Å²) in [5.74, 6) is -0.180. The first-order valence-corrected chi connectivity index (χ1v) is 14.9. The minimum atomic E-state index is -3.88. The Bertz CT molecular complexity index is 1570. The minimum Gasteiger partial charge on any atom is -0.349 e. The molecule has 0 aromatic heterocycles. The van der Waals surface area contributed by atoms with Crippen molar-refractivity contribution in [1.29, 1.82) is 0 Å². The van der Waals surface area contributed by atoms with Crippen LogP contribution in [-0.2, 0) is 27.8 Å². The SMILES string of the molecule is CN(C)Cc1ccc2c(c1)CCCC2NC(=O)C[C@@H](NS(=O)(=O)c1ccc2ccccc2c1)c1ccccc1. The molecule has 0 fully saturated rings. The van der Waals surface area contributed by atoms with Crippen molar-refractivity contribution in [2.75, 3.05) is 14.1 Å². The van der Waals surface area contributed by atoms with E-state index in [1.54, 1.807) is 18.2 Å². The van der Waals surface area contributed by atoms with Gasteiger partial charge in [0.25, 0.3) is 0 Å². The molecule has 7 heteroatoms. The van der Waals surface area contributed by atoms with Crippen LogP contribution in [0.25, 0.3) is 10.8 Å². The number of hydrogen-bond acceptors (Lipinski definition) is 4. The summed E-state index contributed by atoms with van der Waals surface area (Å²) < 4.78 is 29.7. The number of aryl methyl sites for hydroxylation is 1. The lowest BCUT2D eigenvalue weighted by Gasteiger charge is -2.28. The van der Waals surface area contributed by atoms with E-state index in [9.17, 15) is 13.2 Å². The first kappa shape index (κ1) is 27.1. The number of rotatable bonds is 9. The highest BCUT2D eigenvalue weighted by atomic mass is 32.2. The maximum atomic E-state index is 13.5. The number of nitrogens with zero attached hydrogens (tertiary/aromatic N) is 1. The first-order chi connectivity index (χ1) is 18.8. The number of carbonyl (C=O) groups excluding carboxylic acids is 1. The summed E-state index contributed by atoms with van der Waals surface area (Å²) in [6, 6.07) is 27.7. The van der Waals surface area contributed by atoms with Gasteiger partial charge in [-0.25, -0.2) is 13.1 Å². The van der Waals surface area contributed by atoms with E-state index in [2.05, 4.69) is 47.2 Å². The third-order valence-corrected chi connectivity index (χ3v) is 8.75. The van der Waals surface area contributed by atoms with Gasteiger partial charge in [0.05, 0.1) is 17.0 Å². The second kappa shape index (κ2) is 11.7. The van der Waals surface area contributed by atoms with E-state index in [4.69, 9.17) is 0 Å². The summed E-state index contributed by atoms with van der Waals surface area (Å²) in [7, 11) is 0.236. The molecule has 6 nitrogen and oxygen atoms in total. The van der Waals surface area contributed by atoms with E-state index in [0.29, 0.717) is 0 Å². The zero-order valence-corrected chi connectivity index (χ0v) is 23.2. The van der Waals surface area contributed by atoms with Crippen molar-refractivity contribution in [3.05, 3.63) is 113 Å². The predicted molar refractivity (Wildman–Crippen MR) is 156 cm³/mol. The fourth-order valence-corrected chi connectivity index (χ4v) is 6.68. The Kier molecular flexibility index (Phi) is 8.12. The van der Waals surface area contributed by atoms with E-state index in [1.165, 1.54) is 11.1 Å². The molecule has 0 heterocycles. The van der Waals surface area contributed by atoms with Gasteiger partial charge >= 0.3 is 0 Å². The second-order valence-corrected chi connectivity index (χ2v) is 12.3. The highest BCUT2D eigenvalue weighted by molar-refractivity contribution is 7.89. The van der Waals surface area contributed by atoms with Crippen LogP contribution in [0.1, 0.15) is 53.6 Å². The van der Waals surface area contributed by atoms with Crippen LogP contribution >= 0.6 is 0 Å². The van der Waals surface area contributed by atoms with Gasteiger partial charge in [0.15, 0.2) is 0 Å². The van der Waals surface area contributed by atoms with Gasteiger partial charge in [0, 0.05) is 13.0 Å². The normalized spacial score (nSPS) is 16.1.